The monoisotopic (exact) mass is 234 g/mol. The van der Waals surface area contributed by atoms with Gasteiger partial charge in [-0.1, -0.05) is 24.6 Å². The van der Waals surface area contributed by atoms with Gasteiger partial charge in [0, 0.05) is 11.7 Å². The van der Waals surface area contributed by atoms with Gasteiger partial charge in [-0.15, -0.1) is 0 Å². The van der Waals surface area contributed by atoms with Crippen molar-refractivity contribution in [3.8, 4) is 0 Å². The molecular formula is C14H22N2O. The molecule has 3 heteroatoms. The Kier molecular flexibility index (Phi) is 4.55. The first-order chi connectivity index (χ1) is 7.93. The summed E-state index contributed by atoms with van der Waals surface area (Å²) in [6.07, 6.45) is 0.930. The summed E-state index contributed by atoms with van der Waals surface area (Å²) in [6, 6.07) is 4.22. The molecule has 1 rings (SSSR count). The van der Waals surface area contributed by atoms with Crippen molar-refractivity contribution in [1.29, 1.82) is 0 Å². The first-order valence-corrected chi connectivity index (χ1v) is 6.09. The van der Waals surface area contributed by atoms with Crippen molar-refractivity contribution < 1.29 is 4.79 Å². The van der Waals surface area contributed by atoms with E-state index >= 15 is 0 Å². The maximum Gasteiger partial charge on any atom is 0.319 e. The summed E-state index contributed by atoms with van der Waals surface area (Å²) in [5, 5.41) is 5.82. The molecular weight excluding hydrogens is 212 g/mol. The molecule has 0 heterocycles. The van der Waals surface area contributed by atoms with Crippen LogP contribution in [0.2, 0.25) is 0 Å². The van der Waals surface area contributed by atoms with E-state index in [1.807, 2.05) is 27.7 Å². The van der Waals surface area contributed by atoms with Crippen LogP contribution >= 0.6 is 0 Å². The fourth-order valence-electron chi connectivity index (χ4n) is 1.85. The molecule has 0 aromatic heterocycles. The fraction of sp³-hybridized carbons (Fsp3) is 0.500. The summed E-state index contributed by atoms with van der Waals surface area (Å²) in [5.74, 6) is 0. The Labute approximate surface area is 104 Å². The lowest BCUT2D eigenvalue weighted by atomic mass is 10.1. The van der Waals surface area contributed by atoms with Crippen molar-refractivity contribution in [2.75, 3.05) is 5.32 Å². The topological polar surface area (TPSA) is 41.1 Å². The third kappa shape index (κ3) is 3.77. The highest BCUT2D eigenvalue weighted by atomic mass is 16.2. The van der Waals surface area contributed by atoms with Crippen LogP contribution in [0.15, 0.2) is 12.1 Å². The minimum atomic E-state index is -0.130. The van der Waals surface area contributed by atoms with Gasteiger partial charge in [-0.05, 0) is 45.2 Å². The first-order valence-electron chi connectivity index (χ1n) is 6.09. The Morgan fingerprint density at radius 3 is 2.24 bits per heavy atom. The number of hydrogen-bond donors (Lipinski definition) is 2. The molecule has 1 atom stereocenters. The number of anilines is 1. The second kappa shape index (κ2) is 5.71. The van der Waals surface area contributed by atoms with Crippen LogP contribution in [0.3, 0.4) is 0 Å². The van der Waals surface area contributed by atoms with E-state index in [4.69, 9.17) is 0 Å². The number of rotatable bonds is 3. The molecule has 1 aromatic carbocycles. The number of nitrogens with one attached hydrogen (secondary N) is 2. The smallest absolute Gasteiger partial charge is 0.319 e. The van der Waals surface area contributed by atoms with Gasteiger partial charge in [-0.3, -0.25) is 0 Å². The van der Waals surface area contributed by atoms with Crippen LogP contribution in [0.25, 0.3) is 0 Å². The van der Waals surface area contributed by atoms with Crippen LogP contribution in [0.4, 0.5) is 10.5 Å². The number of carbonyl (C=O) groups excluding carboxylic acids is 1. The predicted molar refractivity (Wildman–Crippen MR) is 72.6 cm³/mol. The Morgan fingerprint density at radius 1 is 1.24 bits per heavy atom. The van der Waals surface area contributed by atoms with E-state index in [-0.39, 0.29) is 12.1 Å². The first kappa shape index (κ1) is 13.6. The van der Waals surface area contributed by atoms with Crippen molar-refractivity contribution in [3.63, 3.8) is 0 Å². The van der Waals surface area contributed by atoms with Gasteiger partial charge in [0.05, 0.1) is 0 Å². The lowest BCUT2D eigenvalue weighted by molar-refractivity contribution is 0.249. The van der Waals surface area contributed by atoms with E-state index in [1.165, 1.54) is 5.56 Å². The van der Waals surface area contributed by atoms with E-state index in [1.54, 1.807) is 0 Å². The largest absolute Gasteiger partial charge is 0.335 e. The molecule has 94 valence electrons. The van der Waals surface area contributed by atoms with Gasteiger partial charge >= 0.3 is 6.03 Å². The molecule has 0 saturated carbocycles. The van der Waals surface area contributed by atoms with Crippen LogP contribution in [-0.2, 0) is 0 Å². The predicted octanol–water partition coefficient (Wildman–Crippen LogP) is 3.53. The summed E-state index contributed by atoms with van der Waals surface area (Å²) in [5.41, 5.74) is 4.33. The number of carbonyl (C=O) groups is 1. The summed E-state index contributed by atoms with van der Waals surface area (Å²) >= 11 is 0. The molecule has 2 amide bonds. The number of hydrogen-bond acceptors (Lipinski definition) is 1. The summed E-state index contributed by atoms with van der Waals surface area (Å²) < 4.78 is 0. The average molecular weight is 234 g/mol. The molecule has 1 aromatic rings. The normalized spacial score (nSPS) is 12.1. The number of amides is 2. The number of urea groups is 1. The SMILES string of the molecule is CCC(C)NC(=O)Nc1c(C)cc(C)cc1C. The quantitative estimate of drug-likeness (QED) is 0.825. The van der Waals surface area contributed by atoms with Crippen LogP contribution in [0, 0.1) is 20.8 Å². The highest BCUT2D eigenvalue weighted by Crippen LogP contribution is 2.21. The van der Waals surface area contributed by atoms with Gasteiger partial charge in [0.1, 0.15) is 0 Å². The Bertz CT molecular complexity index is 390. The van der Waals surface area contributed by atoms with E-state index < -0.39 is 0 Å². The van der Waals surface area contributed by atoms with Gasteiger partial charge < -0.3 is 10.6 Å². The third-order valence-corrected chi connectivity index (χ3v) is 2.91. The van der Waals surface area contributed by atoms with Crippen LogP contribution in [0.1, 0.15) is 37.0 Å². The molecule has 0 fully saturated rings. The molecule has 0 bridgehead atoms. The summed E-state index contributed by atoms with van der Waals surface area (Å²) in [6.45, 7) is 10.1. The maximum atomic E-state index is 11.7. The second-order valence-corrected chi connectivity index (χ2v) is 4.68. The van der Waals surface area contributed by atoms with Crippen molar-refractivity contribution in [1.82, 2.24) is 5.32 Å². The van der Waals surface area contributed by atoms with Crippen LogP contribution in [0.5, 0.6) is 0 Å². The van der Waals surface area contributed by atoms with E-state index in [2.05, 4.69) is 29.7 Å². The van der Waals surface area contributed by atoms with E-state index in [9.17, 15) is 4.79 Å². The number of benzene rings is 1. The second-order valence-electron chi connectivity index (χ2n) is 4.68. The van der Waals surface area contributed by atoms with Crippen molar-refractivity contribution in [2.24, 2.45) is 0 Å². The molecule has 17 heavy (non-hydrogen) atoms. The molecule has 0 aliphatic carbocycles. The standard InChI is InChI=1S/C14H22N2O/c1-6-12(5)15-14(17)16-13-10(3)7-9(2)8-11(13)4/h7-8,12H,6H2,1-5H3,(H2,15,16,17). The maximum absolute atomic E-state index is 11.7. The Hall–Kier alpha value is -1.51. The van der Waals surface area contributed by atoms with Crippen LogP contribution in [-0.4, -0.2) is 12.1 Å². The molecule has 0 saturated heterocycles. The molecule has 0 spiro atoms. The minimum absolute atomic E-state index is 0.130. The lowest BCUT2D eigenvalue weighted by Gasteiger charge is -2.16. The van der Waals surface area contributed by atoms with E-state index in [0.29, 0.717) is 0 Å². The average Bonchev–Trinajstić information content (AvgIpc) is 2.23. The molecule has 0 aliphatic rings. The molecule has 3 nitrogen and oxygen atoms in total. The van der Waals surface area contributed by atoms with Crippen molar-refractivity contribution >= 4 is 11.7 Å². The number of aryl methyl sites for hydroxylation is 3. The zero-order chi connectivity index (χ0) is 13.0. The van der Waals surface area contributed by atoms with Gasteiger partial charge in [0.2, 0.25) is 0 Å². The van der Waals surface area contributed by atoms with Crippen LogP contribution < -0.4 is 10.6 Å². The highest BCUT2D eigenvalue weighted by Gasteiger charge is 2.09. The van der Waals surface area contributed by atoms with Gasteiger partial charge in [0.15, 0.2) is 0 Å². The lowest BCUT2D eigenvalue weighted by Crippen LogP contribution is -2.35. The summed E-state index contributed by atoms with van der Waals surface area (Å²) in [7, 11) is 0. The summed E-state index contributed by atoms with van der Waals surface area (Å²) in [4.78, 5) is 11.7. The minimum Gasteiger partial charge on any atom is -0.335 e. The van der Waals surface area contributed by atoms with Crippen molar-refractivity contribution in [2.45, 2.75) is 47.1 Å². The molecule has 1 unspecified atom stereocenters. The van der Waals surface area contributed by atoms with Crippen molar-refractivity contribution in [3.05, 3.63) is 28.8 Å². The molecule has 0 radical (unpaired) electrons. The van der Waals surface area contributed by atoms with Gasteiger partial charge in [0.25, 0.3) is 0 Å². The molecule has 2 N–H and O–H groups in total. The zero-order valence-electron chi connectivity index (χ0n) is 11.3. The fourth-order valence-corrected chi connectivity index (χ4v) is 1.85. The zero-order valence-corrected chi connectivity index (χ0v) is 11.3. The Balaban J connectivity index is 2.78. The van der Waals surface area contributed by atoms with Gasteiger partial charge in [-0.25, -0.2) is 4.79 Å². The van der Waals surface area contributed by atoms with E-state index in [0.717, 1.165) is 23.2 Å². The highest BCUT2D eigenvalue weighted by molar-refractivity contribution is 5.91. The van der Waals surface area contributed by atoms with Gasteiger partial charge in [-0.2, -0.15) is 0 Å². The molecule has 0 aliphatic heterocycles. The third-order valence-electron chi connectivity index (χ3n) is 2.91. The Morgan fingerprint density at radius 2 is 1.76 bits per heavy atom.